The van der Waals surface area contributed by atoms with E-state index in [-0.39, 0.29) is 5.91 Å². The fraction of sp³-hybridized carbons (Fsp3) is 0.583. The van der Waals surface area contributed by atoms with E-state index >= 15 is 0 Å². The van der Waals surface area contributed by atoms with Gasteiger partial charge in [0.1, 0.15) is 4.34 Å². The number of piperidine rings is 1. The second kappa shape index (κ2) is 6.24. The number of thiophene rings is 1. The van der Waals surface area contributed by atoms with Crippen molar-refractivity contribution in [3.05, 3.63) is 20.3 Å². The SMILES string of the molecule is NCCC1CCN(C(=O)c2cc(Cl)sc2Cl)CC1. The molecule has 2 heterocycles. The molecule has 1 aromatic heterocycles. The van der Waals surface area contributed by atoms with Gasteiger partial charge in [-0.2, -0.15) is 0 Å². The lowest BCUT2D eigenvalue weighted by molar-refractivity contribution is 0.0688. The highest BCUT2D eigenvalue weighted by molar-refractivity contribution is 7.20. The largest absolute Gasteiger partial charge is 0.339 e. The molecule has 1 aliphatic heterocycles. The Labute approximate surface area is 121 Å². The van der Waals surface area contributed by atoms with Gasteiger partial charge in [0.2, 0.25) is 0 Å². The van der Waals surface area contributed by atoms with Crippen LogP contribution in [0.25, 0.3) is 0 Å². The summed E-state index contributed by atoms with van der Waals surface area (Å²) in [5.41, 5.74) is 6.09. The van der Waals surface area contributed by atoms with Gasteiger partial charge in [0, 0.05) is 13.1 Å². The zero-order valence-corrected chi connectivity index (χ0v) is 12.3. The van der Waals surface area contributed by atoms with Crippen molar-refractivity contribution in [2.24, 2.45) is 11.7 Å². The molecule has 1 amide bonds. The average Bonchev–Trinajstić information content (AvgIpc) is 2.69. The Morgan fingerprint density at radius 2 is 2.11 bits per heavy atom. The molecule has 1 aliphatic rings. The van der Waals surface area contributed by atoms with Gasteiger partial charge in [-0.1, -0.05) is 23.2 Å². The molecule has 6 heteroatoms. The molecular weight excluding hydrogens is 291 g/mol. The van der Waals surface area contributed by atoms with E-state index in [4.69, 9.17) is 28.9 Å². The van der Waals surface area contributed by atoms with Gasteiger partial charge in [-0.3, -0.25) is 4.79 Å². The number of rotatable bonds is 3. The van der Waals surface area contributed by atoms with Crippen molar-refractivity contribution in [3.8, 4) is 0 Å². The van der Waals surface area contributed by atoms with Crippen molar-refractivity contribution in [2.75, 3.05) is 19.6 Å². The van der Waals surface area contributed by atoms with Crippen LogP contribution in [0, 0.1) is 5.92 Å². The number of nitrogens with two attached hydrogens (primary N) is 1. The van der Waals surface area contributed by atoms with E-state index in [1.165, 1.54) is 11.3 Å². The number of likely N-dealkylation sites (tertiary alicyclic amines) is 1. The Hall–Kier alpha value is -0.290. The van der Waals surface area contributed by atoms with Crippen LogP contribution in [0.3, 0.4) is 0 Å². The minimum Gasteiger partial charge on any atom is -0.339 e. The fourth-order valence-electron chi connectivity index (χ4n) is 2.32. The maximum atomic E-state index is 12.3. The molecule has 3 nitrogen and oxygen atoms in total. The van der Waals surface area contributed by atoms with Crippen LogP contribution in [0.15, 0.2) is 6.07 Å². The number of halogens is 2. The van der Waals surface area contributed by atoms with E-state index < -0.39 is 0 Å². The van der Waals surface area contributed by atoms with Crippen LogP contribution < -0.4 is 5.73 Å². The Morgan fingerprint density at radius 3 is 2.61 bits per heavy atom. The molecule has 2 N–H and O–H groups in total. The first kappa shape index (κ1) is 14.1. The van der Waals surface area contributed by atoms with Gasteiger partial charge in [-0.25, -0.2) is 0 Å². The molecule has 1 saturated heterocycles. The van der Waals surface area contributed by atoms with Gasteiger partial charge in [-0.05, 0) is 37.8 Å². The molecule has 0 bridgehead atoms. The normalized spacial score (nSPS) is 17.2. The van der Waals surface area contributed by atoms with Crippen molar-refractivity contribution < 1.29 is 4.79 Å². The maximum Gasteiger partial charge on any atom is 0.256 e. The molecule has 0 radical (unpaired) electrons. The third-order valence-corrected chi connectivity index (χ3v) is 4.85. The molecule has 18 heavy (non-hydrogen) atoms. The van der Waals surface area contributed by atoms with Crippen molar-refractivity contribution >= 4 is 40.4 Å². The number of amides is 1. The summed E-state index contributed by atoms with van der Waals surface area (Å²) >= 11 is 13.1. The van der Waals surface area contributed by atoms with Gasteiger partial charge in [0.25, 0.3) is 5.91 Å². The number of hydrogen-bond acceptors (Lipinski definition) is 3. The summed E-state index contributed by atoms with van der Waals surface area (Å²) in [7, 11) is 0. The molecule has 0 atom stereocenters. The first-order valence-corrected chi connectivity index (χ1v) is 7.63. The van der Waals surface area contributed by atoms with Gasteiger partial charge in [0.05, 0.1) is 9.90 Å². The van der Waals surface area contributed by atoms with Crippen LogP contribution in [0.4, 0.5) is 0 Å². The fourth-order valence-corrected chi connectivity index (χ4v) is 3.76. The molecule has 0 spiro atoms. The summed E-state index contributed by atoms with van der Waals surface area (Å²) in [5.74, 6) is 0.648. The van der Waals surface area contributed by atoms with Crippen molar-refractivity contribution in [1.29, 1.82) is 0 Å². The molecule has 1 fully saturated rings. The molecule has 0 aliphatic carbocycles. The molecule has 0 aromatic carbocycles. The third-order valence-electron chi connectivity index (χ3n) is 3.36. The van der Waals surface area contributed by atoms with Crippen LogP contribution in [0.2, 0.25) is 8.67 Å². The smallest absolute Gasteiger partial charge is 0.256 e. The Bertz CT molecular complexity index is 428. The van der Waals surface area contributed by atoms with Crippen LogP contribution in [0.1, 0.15) is 29.6 Å². The molecule has 0 saturated carbocycles. The van der Waals surface area contributed by atoms with Crippen molar-refractivity contribution in [3.63, 3.8) is 0 Å². The lowest BCUT2D eigenvalue weighted by Gasteiger charge is -2.31. The van der Waals surface area contributed by atoms with Crippen molar-refractivity contribution in [2.45, 2.75) is 19.3 Å². The maximum absolute atomic E-state index is 12.3. The minimum absolute atomic E-state index is 0.00523. The zero-order valence-electron chi connectivity index (χ0n) is 9.99. The van der Waals surface area contributed by atoms with E-state index in [1.807, 2.05) is 4.90 Å². The van der Waals surface area contributed by atoms with Gasteiger partial charge < -0.3 is 10.6 Å². The Morgan fingerprint density at radius 1 is 1.44 bits per heavy atom. The topological polar surface area (TPSA) is 46.3 Å². The Kier molecular flexibility index (Phi) is 4.90. The zero-order chi connectivity index (χ0) is 13.1. The van der Waals surface area contributed by atoms with Crippen LogP contribution in [-0.2, 0) is 0 Å². The lowest BCUT2D eigenvalue weighted by Crippen LogP contribution is -2.38. The summed E-state index contributed by atoms with van der Waals surface area (Å²) in [6, 6.07) is 1.66. The van der Waals surface area contributed by atoms with Gasteiger partial charge in [0.15, 0.2) is 0 Å². The molecule has 0 unspecified atom stereocenters. The summed E-state index contributed by atoms with van der Waals surface area (Å²) in [5, 5.41) is 0. The lowest BCUT2D eigenvalue weighted by atomic mass is 9.93. The first-order chi connectivity index (χ1) is 8.61. The highest BCUT2D eigenvalue weighted by atomic mass is 35.5. The van der Waals surface area contributed by atoms with Crippen LogP contribution in [-0.4, -0.2) is 30.4 Å². The predicted molar refractivity (Wildman–Crippen MR) is 76.6 cm³/mol. The minimum atomic E-state index is -0.00523. The van der Waals surface area contributed by atoms with Crippen LogP contribution >= 0.6 is 34.5 Å². The molecule has 1 aromatic rings. The summed E-state index contributed by atoms with van der Waals surface area (Å²) in [6.45, 7) is 2.30. The number of carbonyl (C=O) groups excluding carboxylic acids is 1. The van der Waals surface area contributed by atoms with E-state index in [9.17, 15) is 4.79 Å². The third kappa shape index (κ3) is 3.18. The second-order valence-electron chi connectivity index (χ2n) is 4.55. The van der Waals surface area contributed by atoms with E-state index in [0.29, 0.717) is 20.2 Å². The first-order valence-electron chi connectivity index (χ1n) is 6.06. The average molecular weight is 307 g/mol. The standard InChI is InChI=1S/C12H16Cl2N2OS/c13-10-7-9(11(14)18-10)12(17)16-5-2-8(1-4-15)3-6-16/h7-8H,1-6,15H2. The molecule has 100 valence electrons. The predicted octanol–water partition coefficient (Wildman–Crippen LogP) is 3.26. The number of nitrogens with zero attached hydrogens (tertiary/aromatic N) is 1. The van der Waals surface area contributed by atoms with Gasteiger partial charge >= 0.3 is 0 Å². The summed E-state index contributed by atoms with van der Waals surface area (Å²) < 4.78 is 1.04. The Balaban J connectivity index is 1.97. The molecular formula is C12H16Cl2N2OS. The highest BCUT2D eigenvalue weighted by Crippen LogP contribution is 2.32. The van der Waals surface area contributed by atoms with E-state index in [0.717, 1.165) is 38.9 Å². The summed E-state index contributed by atoms with van der Waals surface area (Å²) in [4.78, 5) is 14.1. The summed E-state index contributed by atoms with van der Waals surface area (Å²) in [6.07, 6.45) is 3.10. The highest BCUT2D eigenvalue weighted by Gasteiger charge is 2.25. The quantitative estimate of drug-likeness (QED) is 0.931. The van der Waals surface area contributed by atoms with Crippen molar-refractivity contribution in [1.82, 2.24) is 4.90 Å². The van der Waals surface area contributed by atoms with E-state index in [2.05, 4.69) is 0 Å². The number of hydrogen-bond donors (Lipinski definition) is 1. The number of carbonyl (C=O) groups is 1. The van der Waals surface area contributed by atoms with Crippen LogP contribution in [0.5, 0.6) is 0 Å². The van der Waals surface area contributed by atoms with E-state index in [1.54, 1.807) is 6.07 Å². The van der Waals surface area contributed by atoms with Gasteiger partial charge in [-0.15, -0.1) is 11.3 Å². The second-order valence-corrected chi connectivity index (χ2v) is 6.84. The molecule has 2 rings (SSSR count). The monoisotopic (exact) mass is 306 g/mol.